The van der Waals surface area contributed by atoms with Gasteiger partial charge in [0.15, 0.2) is 0 Å². The highest BCUT2D eigenvalue weighted by Gasteiger charge is 2.39. The third kappa shape index (κ3) is 3.15. The summed E-state index contributed by atoms with van der Waals surface area (Å²) in [5.41, 5.74) is -0.400. The van der Waals surface area contributed by atoms with Crippen LogP contribution in [-0.2, 0) is 23.9 Å². The van der Waals surface area contributed by atoms with Crippen LogP contribution in [-0.4, -0.2) is 40.7 Å². The van der Waals surface area contributed by atoms with Crippen LogP contribution < -0.4 is 0 Å². The summed E-state index contributed by atoms with van der Waals surface area (Å²) in [4.78, 5) is 36.7. The minimum absolute atomic E-state index is 0.0344. The molecule has 0 aromatic carbocycles. The summed E-state index contributed by atoms with van der Waals surface area (Å²) in [6, 6.07) is 0. The number of nitrogens with zero attached hydrogens (tertiary/aromatic N) is 1. The molecular weight excluding hydrogens is 282 g/mol. The predicted octanol–water partition coefficient (Wildman–Crippen LogP) is 1.27. The molecule has 2 aliphatic heterocycles. The SMILES string of the molecule is CC(C)(C)C(=O)OCOC(=O)C1=CC(=O)SC2CCN12. The van der Waals surface area contributed by atoms with E-state index in [1.54, 1.807) is 20.8 Å². The second kappa shape index (κ2) is 5.47. The Morgan fingerprint density at radius 2 is 2.10 bits per heavy atom. The highest BCUT2D eigenvalue weighted by atomic mass is 32.2. The lowest BCUT2D eigenvalue weighted by Gasteiger charge is -2.44. The number of ether oxygens (including phenoxy) is 2. The number of hydrogen-bond donors (Lipinski definition) is 0. The summed E-state index contributed by atoms with van der Waals surface area (Å²) < 4.78 is 9.75. The van der Waals surface area contributed by atoms with Crippen LogP contribution in [0.5, 0.6) is 0 Å². The maximum Gasteiger partial charge on any atom is 0.357 e. The summed E-state index contributed by atoms with van der Waals surface area (Å²) >= 11 is 1.21. The molecule has 0 aromatic heterocycles. The van der Waals surface area contributed by atoms with Crippen molar-refractivity contribution in [3.63, 3.8) is 0 Å². The molecule has 0 bridgehead atoms. The van der Waals surface area contributed by atoms with Gasteiger partial charge in [-0.2, -0.15) is 0 Å². The van der Waals surface area contributed by atoms with Crippen molar-refractivity contribution < 1.29 is 23.9 Å². The van der Waals surface area contributed by atoms with E-state index in [2.05, 4.69) is 0 Å². The zero-order valence-corrected chi connectivity index (χ0v) is 12.5. The highest BCUT2D eigenvalue weighted by molar-refractivity contribution is 8.14. The molecule has 0 N–H and O–H groups in total. The molecule has 6 nitrogen and oxygen atoms in total. The van der Waals surface area contributed by atoms with Gasteiger partial charge >= 0.3 is 11.9 Å². The maximum absolute atomic E-state index is 11.9. The highest BCUT2D eigenvalue weighted by Crippen LogP contribution is 2.36. The van der Waals surface area contributed by atoms with Gasteiger partial charge in [0.05, 0.1) is 10.8 Å². The number of esters is 2. The molecule has 0 radical (unpaired) electrons. The van der Waals surface area contributed by atoms with E-state index >= 15 is 0 Å². The first-order chi connectivity index (χ1) is 9.29. The van der Waals surface area contributed by atoms with Crippen LogP contribution in [0.2, 0.25) is 0 Å². The molecule has 0 aromatic rings. The van der Waals surface area contributed by atoms with Crippen molar-refractivity contribution >= 4 is 28.8 Å². The average Bonchev–Trinajstić information content (AvgIpc) is 2.31. The number of fused-ring (bicyclic) bond motifs is 1. The number of carbonyl (C=O) groups excluding carboxylic acids is 3. The summed E-state index contributed by atoms with van der Waals surface area (Å²) in [5.74, 6) is -1.08. The van der Waals surface area contributed by atoms with Gasteiger partial charge in [-0.3, -0.25) is 9.59 Å². The zero-order chi connectivity index (χ0) is 14.9. The third-order valence-electron chi connectivity index (χ3n) is 2.98. The monoisotopic (exact) mass is 299 g/mol. The molecule has 2 heterocycles. The van der Waals surface area contributed by atoms with Crippen LogP contribution in [0.3, 0.4) is 0 Å². The first kappa shape index (κ1) is 14.9. The minimum atomic E-state index is -0.647. The first-order valence-electron chi connectivity index (χ1n) is 6.32. The van der Waals surface area contributed by atoms with Crippen LogP contribution in [0.15, 0.2) is 11.8 Å². The Kier molecular flexibility index (Phi) is 4.08. The third-order valence-corrected chi connectivity index (χ3v) is 4.09. The summed E-state index contributed by atoms with van der Waals surface area (Å²) in [5, 5.41) is -0.114. The van der Waals surface area contributed by atoms with E-state index in [1.807, 2.05) is 4.90 Å². The lowest BCUT2D eigenvalue weighted by atomic mass is 9.98. The molecule has 7 heteroatoms. The fourth-order valence-electron chi connectivity index (χ4n) is 1.73. The van der Waals surface area contributed by atoms with E-state index < -0.39 is 24.1 Å². The van der Waals surface area contributed by atoms with Crippen molar-refractivity contribution in [2.24, 2.45) is 5.41 Å². The van der Waals surface area contributed by atoms with Crippen LogP contribution in [0.4, 0.5) is 0 Å². The molecule has 2 rings (SSSR count). The maximum atomic E-state index is 11.9. The molecule has 0 amide bonds. The van der Waals surface area contributed by atoms with E-state index in [0.717, 1.165) is 13.0 Å². The lowest BCUT2D eigenvalue weighted by Crippen LogP contribution is -2.49. The lowest BCUT2D eigenvalue weighted by molar-refractivity contribution is -0.172. The Morgan fingerprint density at radius 1 is 1.40 bits per heavy atom. The zero-order valence-electron chi connectivity index (χ0n) is 11.7. The Hall–Kier alpha value is -1.50. The van der Waals surface area contributed by atoms with Gasteiger partial charge in [-0.25, -0.2) is 4.79 Å². The van der Waals surface area contributed by atoms with Gasteiger partial charge in [-0.15, -0.1) is 0 Å². The molecule has 0 saturated carbocycles. The molecule has 110 valence electrons. The van der Waals surface area contributed by atoms with E-state index in [1.165, 1.54) is 17.8 Å². The molecule has 1 atom stereocenters. The Labute approximate surface area is 121 Å². The van der Waals surface area contributed by atoms with Gasteiger partial charge in [-0.1, -0.05) is 11.8 Å². The van der Waals surface area contributed by atoms with Gasteiger partial charge in [0.25, 0.3) is 0 Å². The van der Waals surface area contributed by atoms with Crippen molar-refractivity contribution in [1.29, 1.82) is 0 Å². The standard InChI is InChI=1S/C13H17NO5S/c1-13(2,3)12(17)19-7-18-11(16)8-6-10(15)20-9-4-5-14(8)9/h6,9H,4-5,7H2,1-3H3. The van der Waals surface area contributed by atoms with Crippen LogP contribution >= 0.6 is 11.8 Å². The Morgan fingerprint density at radius 3 is 2.65 bits per heavy atom. The van der Waals surface area contributed by atoms with E-state index in [9.17, 15) is 14.4 Å². The van der Waals surface area contributed by atoms with Crippen LogP contribution in [0.1, 0.15) is 27.2 Å². The molecule has 0 spiro atoms. The van der Waals surface area contributed by atoms with Gasteiger partial charge < -0.3 is 14.4 Å². The van der Waals surface area contributed by atoms with Gasteiger partial charge in [0.2, 0.25) is 11.9 Å². The second-order valence-corrected chi connectivity index (χ2v) is 6.82. The van der Waals surface area contributed by atoms with Crippen molar-refractivity contribution in [2.75, 3.05) is 13.3 Å². The molecular formula is C13H17NO5S. The van der Waals surface area contributed by atoms with Crippen molar-refractivity contribution in [3.05, 3.63) is 11.8 Å². The number of carbonyl (C=O) groups is 3. The van der Waals surface area contributed by atoms with E-state index in [0.29, 0.717) is 0 Å². The van der Waals surface area contributed by atoms with Gasteiger partial charge in [-0.05, 0) is 27.2 Å². The average molecular weight is 299 g/mol. The fraction of sp³-hybridized carbons (Fsp3) is 0.615. The van der Waals surface area contributed by atoms with Gasteiger partial charge in [0.1, 0.15) is 5.70 Å². The Bertz CT molecular complexity index is 480. The quantitative estimate of drug-likeness (QED) is 0.574. The van der Waals surface area contributed by atoms with Crippen molar-refractivity contribution in [1.82, 2.24) is 4.90 Å². The largest absolute Gasteiger partial charge is 0.427 e. The van der Waals surface area contributed by atoms with Crippen molar-refractivity contribution in [3.8, 4) is 0 Å². The van der Waals surface area contributed by atoms with Crippen LogP contribution in [0.25, 0.3) is 0 Å². The minimum Gasteiger partial charge on any atom is -0.427 e. The molecule has 20 heavy (non-hydrogen) atoms. The fourth-order valence-corrected chi connectivity index (χ4v) is 2.74. The molecule has 1 unspecified atom stereocenters. The number of rotatable bonds is 3. The predicted molar refractivity (Wildman–Crippen MR) is 72.3 cm³/mol. The number of thioether (sulfide) groups is 1. The summed E-state index contributed by atoms with van der Waals surface area (Å²) in [6.07, 6.45) is 2.15. The second-order valence-electron chi connectivity index (χ2n) is 5.63. The van der Waals surface area contributed by atoms with Gasteiger partial charge in [0, 0.05) is 12.6 Å². The Balaban J connectivity index is 1.86. The van der Waals surface area contributed by atoms with Crippen LogP contribution in [0, 0.1) is 5.41 Å². The smallest absolute Gasteiger partial charge is 0.357 e. The first-order valence-corrected chi connectivity index (χ1v) is 7.20. The molecule has 0 aliphatic carbocycles. The van der Waals surface area contributed by atoms with Crippen molar-refractivity contribution in [2.45, 2.75) is 32.6 Å². The normalized spacial score (nSPS) is 21.6. The summed E-state index contributed by atoms with van der Waals surface area (Å²) in [6.45, 7) is 5.42. The summed E-state index contributed by atoms with van der Waals surface area (Å²) in [7, 11) is 0. The van der Waals surface area contributed by atoms with E-state index in [4.69, 9.17) is 9.47 Å². The number of hydrogen-bond acceptors (Lipinski definition) is 7. The van der Waals surface area contributed by atoms with E-state index in [-0.39, 0.29) is 16.2 Å². The molecule has 1 saturated heterocycles. The topological polar surface area (TPSA) is 72.9 Å². The molecule has 2 aliphatic rings. The molecule has 1 fully saturated rings.